The molecular weight excluding hydrogens is 395 g/mol. The van der Waals surface area contributed by atoms with Crippen molar-refractivity contribution in [3.05, 3.63) is 65.0 Å². The second-order valence-electron chi connectivity index (χ2n) is 6.24. The third-order valence-corrected chi connectivity index (χ3v) is 4.54. The van der Waals surface area contributed by atoms with Gasteiger partial charge >= 0.3 is 0 Å². The van der Waals surface area contributed by atoms with E-state index < -0.39 is 11.8 Å². The van der Waals surface area contributed by atoms with Gasteiger partial charge in [-0.2, -0.15) is 0 Å². The fourth-order valence-electron chi connectivity index (χ4n) is 2.70. The number of hydrogen-bond donors (Lipinski definition) is 1. The van der Waals surface area contributed by atoms with Crippen molar-refractivity contribution >= 4 is 35.2 Å². The summed E-state index contributed by atoms with van der Waals surface area (Å²) < 4.78 is 24.7. The highest BCUT2D eigenvalue weighted by atomic mass is 32.1. The summed E-state index contributed by atoms with van der Waals surface area (Å²) in [5.74, 6) is -0.453. The number of hydrogen-bond acceptors (Lipinski definition) is 5. The van der Waals surface area contributed by atoms with Crippen LogP contribution in [0.4, 0.5) is 4.39 Å². The lowest BCUT2D eigenvalue weighted by atomic mass is 10.1. The molecule has 1 heterocycles. The van der Waals surface area contributed by atoms with Crippen LogP contribution in [-0.4, -0.2) is 35.5 Å². The molecule has 1 aliphatic heterocycles. The molecule has 1 saturated heterocycles. The van der Waals surface area contributed by atoms with Crippen molar-refractivity contribution in [2.75, 3.05) is 13.7 Å². The first-order valence-electron chi connectivity index (χ1n) is 8.88. The Kier molecular flexibility index (Phi) is 6.23. The molecule has 3 rings (SSSR count). The molecule has 0 atom stereocenters. The van der Waals surface area contributed by atoms with Crippen LogP contribution >= 0.6 is 12.2 Å². The minimum atomic E-state index is -0.553. The minimum absolute atomic E-state index is 0.0306. The Morgan fingerprint density at radius 1 is 1.14 bits per heavy atom. The van der Waals surface area contributed by atoms with E-state index in [9.17, 15) is 14.0 Å². The average Bonchev–Trinajstić information content (AvgIpc) is 2.69. The first-order chi connectivity index (χ1) is 13.9. The van der Waals surface area contributed by atoms with Crippen LogP contribution in [0, 0.1) is 5.82 Å². The normalized spacial score (nSPS) is 15.5. The molecule has 2 aromatic rings. The van der Waals surface area contributed by atoms with E-state index in [1.165, 1.54) is 30.2 Å². The van der Waals surface area contributed by atoms with Crippen molar-refractivity contribution in [1.29, 1.82) is 0 Å². The number of rotatable bonds is 6. The molecule has 1 N–H and O–H groups in total. The van der Waals surface area contributed by atoms with Crippen LogP contribution in [0.5, 0.6) is 11.5 Å². The fourth-order valence-corrected chi connectivity index (χ4v) is 2.88. The van der Waals surface area contributed by atoms with Gasteiger partial charge in [0.2, 0.25) is 0 Å². The summed E-state index contributed by atoms with van der Waals surface area (Å²) in [6, 6.07) is 11.2. The van der Waals surface area contributed by atoms with Crippen molar-refractivity contribution in [2.24, 2.45) is 0 Å². The second kappa shape index (κ2) is 8.83. The Morgan fingerprint density at radius 3 is 2.66 bits per heavy atom. The third-order valence-electron chi connectivity index (χ3n) is 4.17. The number of thiocarbonyl (C=S) groups is 1. The summed E-state index contributed by atoms with van der Waals surface area (Å²) in [4.78, 5) is 25.7. The summed E-state index contributed by atoms with van der Waals surface area (Å²) in [5, 5.41) is 2.53. The number of halogens is 1. The molecule has 0 spiro atoms. The molecular formula is C21H19FN2O4S. The van der Waals surface area contributed by atoms with Gasteiger partial charge in [-0.05, 0) is 60.6 Å². The van der Waals surface area contributed by atoms with Crippen molar-refractivity contribution < 1.29 is 23.5 Å². The molecule has 150 valence electrons. The maximum Gasteiger partial charge on any atom is 0.265 e. The lowest BCUT2D eigenvalue weighted by Gasteiger charge is -2.25. The third kappa shape index (κ3) is 4.78. The van der Waals surface area contributed by atoms with Crippen LogP contribution < -0.4 is 14.8 Å². The molecule has 0 saturated carbocycles. The average molecular weight is 414 g/mol. The highest BCUT2D eigenvalue weighted by molar-refractivity contribution is 7.80. The minimum Gasteiger partial charge on any atom is -0.490 e. The van der Waals surface area contributed by atoms with Gasteiger partial charge in [0.05, 0.1) is 6.61 Å². The SMILES string of the molecule is CCOc1cc(C=C2C(=O)NC(=S)N(C)C2=O)ccc1OCc1cccc(F)c1. The Morgan fingerprint density at radius 2 is 1.93 bits per heavy atom. The largest absolute Gasteiger partial charge is 0.490 e. The summed E-state index contributed by atoms with van der Waals surface area (Å²) in [5.41, 5.74) is 1.24. The van der Waals surface area contributed by atoms with Crippen LogP contribution in [-0.2, 0) is 16.2 Å². The molecule has 2 aromatic carbocycles. The van der Waals surface area contributed by atoms with E-state index in [1.54, 1.807) is 30.3 Å². The smallest absolute Gasteiger partial charge is 0.265 e. The second-order valence-corrected chi connectivity index (χ2v) is 6.63. The van der Waals surface area contributed by atoms with E-state index in [1.807, 2.05) is 6.92 Å². The Labute approximate surface area is 172 Å². The van der Waals surface area contributed by atoms with E-state index in [0.29, 0.717) is 29.2 Å². The van der Waals surface area contributed by atoms with Gasteiger partial charge in [0, 0.05) is 7.05 Å². The van der Waals surface area contributed by atoms with E-state index in [0.717, 1.165) is 0 Å². The molecule has 2 amide bonds. The van der Waals surface area contributed by atoms with Crippen molar-refractivity contribution in [2.45, 2.75) is 13.5 Å². The Balaban J connectivity index is 1.84. The summed E-state index contributed by atoms with van der Waals surface area (Å²) in [7, 11) is 1.49. The molecule has 0 radical (unpaired) electrons. The first-order valence-corrected chi connectivity index (χ1v) is 9.29. The predicted molar refractivity (Wildman–Crippen MR) is 110 cm³/mol. The zero-order valence-electron chi connectivity index (χ0n) is 15.9. The van der Waals surface area contributed by atoms with Gasteiger partial charge < -0.3 is 9.47 Å². The Bertz CT molecular complexity index is 1010. The topological polar surface area (TPSA) is 67.9 Å². The molecule has 8 heteroatoms. The lowest BCUT2D eigenvalue weighted by molar-refractivity contribution is -0.128. The number of carbonyl (C=O) groups is 2. The molecule has 1 aliphatic rings. The van der Waals surface area contributed by atoms with Gasteiger partial charge in [0.1, 0.15) is 18.0 Å². The van der Waals surface area contributed by atoms with E-state index in [-0.39, 0.29) is 23.1 Å². The number of benzene rings is 2. The lowest BCUT2D eigenvalue weighted by Crippen LogP contribution is -2.52. The van der Waals surface area contributed by atoms with Gasteiger partial charge in [-0.1, -0.05) is 18.2 Å². The van der Waals surface area contributed by atoms with Crippen LogP contribution in [0.15, 0.2) is 48.0 Å². The van der Waals surface area contributed by atoms with Crippen molar-refractivity contribution in [3.8, 4) is 11.5 Å². The summed E-state index contributed by atoms with van der Waals surface area (Å²) in [6.07, 6.45) is 1.47. The molecule has 29 heavy (non-hydrogen) atoms. The van der Waals surface area contributed by atoms with Crippen LogP contribution in [0.2, 0.25) is 0 Å². The number of nitrogens with zero attached hydrogens (tertiary/aromatic N) is 1. The van der Waals surface area contributed by atoms with Gasteiger partial charge in [0.15, 0.2) is 16.6 Å². The fraction of sp³-hybridized carbons (Fsp3) is 0.190. The standard InChI is InChI=1S/C21H19FN2O4S/c1-3-27-18-11-13(10-16-19(25)23-21(29)24(2)20(16)26)7-8-17(18)28-12-14-5-4-6-15(22)9-14/h4-11H,3,12H2,1-2H3,(H,23,25,29). The molecule has 0 aliphatic carbocycles. The Hall–Kier alpha value is -3.26. The van der Waals surface area contributed by atoms with Gasteiger partial charge in [-0.3, -0.25) is 19.8 Å². The van der Waals surface area contributed by atoms with E-state index >= 15 is 0 Å². The van der Waals surface area contributed by atoms with E-state index in [4.69, 9.17) is 21.7 Å². The molecule has 0 bridgehead atoms. The maximum atomic E-state index is 13.3. The summed E-state index contributed by atoms with van der Waals surface area (Å²) >= 11 is 4.94. The van der Waals surface area contributed by atoms with Crippen LogP contribution in [0.25, 0.3) is 6.08 Å². The number of likely N-dealkylation sites (N-methyl/N-ethyl adjacent to an activating group) is 1. The zero-order valence-corrected chi connectivity index (χ0v) is 16.7. The number of carbonyl (C=O) groups excluding carboxylic acids is 2. The molecule has 1 fully saturated rings. The summed E-state index contributed by atoms with van der Waals surface area (Å²) in [6.45, 7) is 2.39. The van der Waals surface area contributed by atoms with Gasteiger partial charge in [-0.25, -0.2) is 4.39 Å². The molecule has 6 nitrogen and oxygen atoms in total. The quantitative estimate of drug-likeness (QED) is 0.447. The van der Waals surface area contributed by atoms with E-state index in [2.05, 4.69) is 5.32 Å². The maximum absolute atomic E-state index is 13.3. The number of nitrogens with one attached hydrogen (secondary N) is 1. The molecule has 0 unspecified atom stereocenters. The first kappa shape index (κ1) is 20.5. The number of ether oxygens (including phenoxy) is 2. The highest BCUT2D eigenvalue weighted by Crippen LogP contribution is 2.30. The van der Waals surface area contributed by atoms with Crippen molar-refractivity contribution in [3.63, 3.8) is 0 Å². The predicted octanol–water partition coefficient (Wildman–Crippen LogP) is 3.06. The highest BCUT2D eigenvalue weighted by Gasteiger charge is 2.30. The number of amides is 2. The molecule has 0 aromatic heterocycles. The monoisotopic (exact) mass is 414 g/mol. The van der Waals surface area contributed by atoms with Crippen LogP contribution in [0.3, 0.4) is 0 Å². The van der Waals surface area contributed by atoms with Crippen molar-refractivity contribution in [1.82, 2.24) is 10.2 Å². The van der Waals surface area contributed by atoms with Crippen LogP contribution in [0.1, 0.15) is 18.1 Å². The zero-order chi connectivity index (χ0) is 21.0. The van der Waals surface area contributed by atoms with Gasteiger partial charge in [-0.15, -0.1) is 0 Å². The van der Waals surface area contributed by atoms with Gasteiger partial charge in [0.25, 0.3) is 11.8 Å².